The van der Waals surface area contributed by atoms with Crippen LogP contribution in [0.5, 0.6) is 0 Å². The summed E-state index contributed by atoms with van der Waals surface area (Å²) in [7, 11) is 0. The van der Waals surface area contributed by atoms with Crippen molar-refractivity contribution < 1.29 is 0 Å². The van der Waals surface area contributed by atoms with E-state index in [1.165, 1.54) is 21.4 Å². The molecule has 0 amide bonds. The van der Waals surface area contributed by atoms with Crippen LogP contribution in [0.25, 0.3) is 39.4 Å². The Balaban J connectivity index is 1.54. The minimum Gasteiger partial charge on any atom is -0.266 e. The average molecular weight is 490 g/mol. The van der Waals surface area contributed by atoms with E-state index in [0.717, 1.165) is 39.2 Å². The molecule has 3 aromatic heterocycles. The van der Waals surface area contributed by atoms with Crippen LogP contribution in [0.1, 0.15) is 22.3 Å². The molecule has 0 spiro atoms. The number of rotatable bonds is 4. The third kappa shape index (κ3) is 3.83. The SMILES string of the molecule is Cc1cc(C)c(-c2nn(-c3ccccc3)cc2C=c2sc3nc(-c4ccccc4)nn3c2=O)c(C)c1. The molecule has 0 bridgehead atoms. The van der Waals surface area contributed by atoms with Crippen LogP contribution in [0.3, 0.4) is 0 Å². The maximum Gasteiger partial charge on any atom is 0.291 e. The summed E-state index contributed by atoms with van der Waals surface area (Å²) >= 11 is 1.34. The number of hydrogen-bond donors (Lipinski definition) is 0. The predicted molar refractivity (Wildman–Crippen MR) is 145 cm³/mol. The summed E-state index contributed by atoms with van der Waals surface area (Å²) in [6, 6.07) is 24.0. The van der Waals surface area contributed by atoms with E-state index in [-0.39, 0.29) is 5.56 Å². The van der Waals surface area contributed by atoms with E-state index in [4.69, 9.17) is 5.10 Å². The van der Waals surface area contributed by atoms with Crippen molar-refractivity contribution in [3.63, 3.8) is 0 Å². The first-order valence-electron chi connectivity index (χ1n) is 11.7. The van der Waals surface area contributed by atoms with Gasteiger partial charge in [0.25, 0.3) is 5.56 Å². The lowest BCUT2D eigenvalue weighted by Crippen LogP contribution is -2.23. The molecule has 6 rings (SSSR count). The van der Waals surface area contributed by atoms with Gasteiger partial charge in [-0.1, -0.05) is 77.6 Å². The zero-order valence-electron chi connectivity index (χ0n) is 20.1. The van der Waals surface area contributed by atoms with Crippen molar-refractivity contribution in [3.05, 3.63) is 116 Å². The van der Waals surface area contributed by atoms with E-state index in [9.17, 15) is 4.79 Å². The number of nitrogens with zero attached hydrogens (tertiary/aromatic N) is 5. The molecule has 176 valence electrons. The number of aromatic nitrogens is 5. The molecule has 7 heteroatoms. The van der Waals surface area contributed by atoms with Crippen LogP contribution in [0, 0.1) is 20.8 Å². The molecule has 3 heterocycles. The van der Waals surface area contributed by atoms with Gasteiger partial charge in [0.1, 0.15) is 5.69 Å². The van der Waals surface area contributed by atoms with Crippen LogP contribution in [-0.2, 0) is 0 Å². The molecule has 0 aliphatic heterocycles. The highest BCUT2D eigenvalue weighted by molar-refractivity contribution is 7.15. The lowest BCUT2D eigenvalue weighted by Gasteiger charge is -2.10. The molecule has 0 radical (unpaired) electrons. The summed E-state index contributed by atoms with van der Waals surface area (Å²) < 4.78 is 3.83. The largest absolute Gasteiger partial charge is 0.291 e. The first-order valence-corrected chi connectivity index (χ1v) is 12.5. The molecule has 36 heavy (non-hydrogen) atoms. The Kier molecular flexibility index (Phi) is 5.34. The van der Waals surface area contributed by atoms with Crippen molar-refractivity contribution >= 4 is 22.4 Å². The van der Waals surface area contributed by atoms with Crippen molar-refractivity contribution in [1.29, 1.82) is 0 Å². The summed E-state index contributed by atoms with van der Waals surface area (Å²) in [5.41, 5.74) is 7.98. The fourth-order valence-corrected chi connectivity index (χ4v) is 5.54. The van der Waals surface area contributed by atoms with Gasteiger partial charge >= 0.3 is 0 Å². The van der Waals surface area contributed by atoms with Gasteiger partial charge in [0.05, 0.1) is 10.2 Å². The molecule has 0 saturated carbocycles. The van der Waals surface area contributed by atoms with Gasteiger partial charge in [-0.3, -0.25) is 4.79 Å². The normalized spacial score (nSPS) is 12.0. The fraction of sp³-hybridized carbons (Fsp3) is 0.103. The topological polar surface area (TPSA) is 65.1 Å². The predicted octanol–water partition coefficient (Wildman–Crippen LogP) is 5.14. The van der Waals surface area contributed by atoms with E-state index >= 15 is 0 Å². The second-order valence-electron chi connectivity index (χ2n) is 8.90. The molecule has 0 atom stereocenters. The highest BCUT2D eigenvalue weighted by Crippen LogP contribution is 2.31. The lowest BCUT2D eigenvalue weighted by atomic mass is 9.95. The highest BCUT2D eigenvalue weighted by Gasteiger charge is 2.17. The zero-order chi connectivity index (χ0) is 24.8. The standard InChI is InChI=1S/C29H23N5OS/c1-18-14-19(2)25(20(3)15-18)26-22(17-33(31-26)23-12-8-5-9-13-23)16-24-28(35)34-29(36-24)30-27(32-34)21-10-6-4-7-11-21/h4-17H,1-3H3. The zero-order valence-corrected chi connectivity index (χ0v) is 21.0. The molecule has 6 nitrogen and oxygen atoms in total. The second-order valence-corrected chi connectivity index (χ2v) is 9.91. The van der Waals surface area contributed by atoms with E-state index in [2.05, 4.69) is 43.0 Å². The van der Waals surface area contributed by atoms with Gasteiger partial charge in [-0.15, -0.1) is 5.10 Å². The van der Waals surface area contributed by atoms with E-state index in [0.29, 0.717) is 15.3 Å². The first-order chi connectivity index (χ1) is 17.5. The van der Waals surface area contributed by atoms with Crippen LogP contribution in [-0.4, -0.2) is 24.4 Å². The summed E-state index contributed by atoms with van der Waals surface area (Å²) in [4.78, 5) is 18.5. The van der Waals surface area contributed by atoms with Gasteiger partial charge in [-0.05, 0) is 50.1 Å². The van der Waals surface area contributed by atoms with Crippen LogP contribution >= 0.6 is 11.3 Å². The van der Waals surface area contributed by atoms with E-state index < -0.39 is 0 Å². The molecule has 0 aliphatic rings. The average Bonchev–Trinajstić information content (AvgIpc) is 3.55. The third-order valence-electron chi connectivity index (χ3n) is 6.18. The van der Waals surface area contributed by atoms with Crippen LogP contribution in [0.15, 0.2) is 83.8 Å². The van der Waals surface area contributed by atoms with Crippen molar-refractivity contribution in [3.8, 4) is 28.3 Å². The van der Waals surface area contributed by atoms with Crippen molar-refractivity contribution in [2.45, 2.75) is 20.8 Å². The Morgan fingerprint density at radius 3 is 2.19 bits per heavy atom. The lowest BCUT2D eigenvalue weighted by molar-refractivity contribution is 0.883. The van der Waals surface area contributed by atoms with E-state index in [1.54, 1.807) is 0 Å². The maximum atomic E-state index is 13.3. The van der Waals surface area contributed by atoms with Crippen LogP contribution < -0.4 is 10.1 Å². The van der Waals surface area contributed by atoms with Crippen LogP contribution in [0.4, 0.5) is 0 Å². The Hall–Kier alpha value is -4.36. The molecule has 0 fully saturated rings. The molecule has 0 N–H and O–H groups in total. The minimum absolute atomic E-state index is 0.180. The number of para-hydroxylation sites is 1. The molecule has 0 aliphatic carbocycles. The summed E-state index contributed by atoms with van der Waals surface area (Å²) in [6.07, 6.45) is 3.89. The molecule has 0 unspecified atom stereocenters. The minimum atomic E-state index is -0.180. The number of benzene rings is 3. The summed E-state index contributed by atoms with van der Waals surface area (Å²) in [6.45, 7) is 6.31. The number of hydrogen-bond acceptors (Lipinski definition) is 5. The molecule has 0 saturated heterocycles. The Labute approximate surface area is 211 Å². The third-order valence-corrected chi connectivity index (χ3v) is 7.14. The molecular weight excluding hydrogens is 466 g/mol. The monoisotopic (exact) mass is 489 g/mol. The van der Waals surface area contributed by atoms with Gasteiger partial charge in [0.2, 0.25) is 4.96 Å². The number of thiazole rings is 1. The Bertz CT molecular complexity index is 1810. The Morgan fingerprint density at radius 2 is 1.53 bits per heavy atom. The summed E-state index contributed by atoms with van der Waals surface area (Å²) in [5, 5.41) is 9.45. The smallest absolute Gasteiger partial charge is 0.266 e. The van der Waals surface area contributed by atoms with Crippen LogP contribution in [0.2, 0.25) is 0 Å². The van der Waals surface area contributed by atoms with Gasteiger partial charge < -0.3 is 0 Å². The van der Waals surface area contributed by atoms with Crippen molar-refractivity contribution in [1.82, 2.24) is 24.4 Å². The highest BCUT2D eigenvalue weighted by atomic mass is 32.1. The molecule has 6 aromatic rings. The second kappa shape index (κ2) is 8.70. The molecular formula is C29H23N5OS. The number of aryl methyl sites for hydroxylation is 3. The van der Waals surface area contributed by atoms with Gasteiger partial charge in [0, 0.05) is 22.9 Å². The van der Waals surface area contributed by atoms with Crippen molar-refractivity contribution in [2.24, 2.45) is 0 Å². The number of fused-ring (bicyclic) bond motifs is 1. The van der Waals surface area contributed by atoms with Gasteiger partial charge in [-0.25, -0.2) is 4.68 Å². The fourth-order valence-electron chi connectivity index (χ4n) is 4.64. The Morgan fingerprint density at radius 1 is 0.861 bits per heavy atom. The first kappa shape index (κ1) is 22.1. The van der Waals surface area contributed by atoms with Crippen molar-refractivity contribution in [2.75, 3.05) is 0 Å². The van der Waals surface area contributed by atoms with Gasteiger partial charge in [0.15, 0.2) is 5.82 Å². The molecule has 3 aromatic carbocycles. The van der Waals surface area contributed by atoms with E-state index in [1.807, 2.05) is 77.6 Å². The summed E-state index contributed by atoms with van der Waals surface area (Å²) in [5.74, 6) is 0.550. The van der Waals surface area contributed by atoms with Gasteiger partial charge in [-0.2, -0.15) is 14.6 Å². The maximum absolute atomic E-state index is 13.3. The quantitative estimate of drug-likeness (QED) is 0.344.